The third kappa shape index (κ3) is 3.83. The molecular formula is C19H28N4O4S2. The van der Waals surface area contributed by atoms with E-state index in [1.54, 1.807) is 17.5 Å². The normalized spacial score (nSPS) is 29.6. The van der Waals surface area contributed by atoms with E-state index in [0.29, 0.717) is 49.1 Å². The number of urea groups is 1. The Labute approximate surface area is 175 Å². The SMILES string of the molecule is CCC1CCC2(CC1)NC(=O)N(CN1CCN(S(=O)(=O)c3cccs3)CC1)C2=O. The van der Waals surface area contributed by atoms with Crippen LogP contribution in [-0.4, -0.2) is 72.8 Å². The largest absolute Gasteiger partial charge is 0.326 e. The summed E-state index contributed by atoms with van der Waals surface area (Å²) < 4.78 is 27.1. The van der Waals surface area contributed by atoms with Gasteiger partial charge in [-0.3, -0.25) is 9.69 Å². The van der Waals surface area contributed by atoms with Gasteiger partial charge < -0.3 is 5.32 Å². The van der Waals surface area contributed by atoms with E-state index >= 15 is 0 Å². The van der Waals surface area contributed by atoms with Crippen LogP contribution in [0.3, 0.4) is 0 Å². The van der Waals surface area contributed by atoms with Crippen LogP contribution in [0.2, 0.25) is 0 Å². The van der Waals surface area contributed by atoms with Crippen molar-refractivity contribution < 1.29 is 18.0 Å². The monoisotopic (exact) mass is 440 g/mol. The molecule has 3 amide bonds. The van der Waals surface area contributed by atoms with E-state index in [0.717, 1.165) is 19.3 Å². The standard InChI is InChI=1S/C19H28N4O4S2/c1-2-15-5-7-19(8-6-15)17(24)23(18(25)20-19)14-21-9-11-22(12-10-21)29(26,27)16-4-3-13-28-16/h3-4,13,15H,2,5-12,14H2,1H3,(H,20,25). The van der Waals surface area contributed by atoms with E-state index in [1.165, 1.54) is 20.5 Å². The van der Waals surface area contributed by atoms with Gasteiger partial charge in [-0.15, -0.1) is 11.3 Å². The molecule has 10 heteroatoms. The quantitative estimate of drug-likeness (QED) is 0.707. The maximum atomic E-state index is 13.1. The molecule has 29 heavy (non-hydrogen) atoms. The Morgan fingerprint density at radius 1 is 1.17 bits per heavy atom. The van der Waals surface area contributed by atoms with Gasteiger partial charge in [0.1, 0.15) is 9.75 Å². The molecule has 0 atom stereocenters. The van der Waals surface area contributed by atoms with Gasteiger partial charge >= 0.3 is 6.03 Å². The van der Waals surface area contributed by atoms with Crippen molar-refractivity contribution in [3.8, 4) is 0 Å². The van der Waals surface area contributed by atoms with Gasteiger partial charge in [0, 0.05) is 26.2 Å². The highest BCUT2D eigenvalue weighted by atomic mass is 32.2. The van der Waals surface area contributed by atoms with E-state index in [1.807, 2.05) is 4.90 Å². The fraction of sp³-hybridized carbons (Fsp3) is 0.684. The van der Waals surface area contributed by atoms with E-state index in [-0.39, 0.29) is 18.6 Å². The minimum absolute atomic E-state index is 0.120. The fourth-order valence-electron chi connectivity index (χ4n) is 4.57. The van der Waals surface area contributed by atoms with Gasteiger partial charge in [-0.2, -0.15) is 4.31 Å². The average Bonchev–Trinajstić information content (AvgIpc) is 3.34. The molecule has 2 aliphatic heterocycles. The van der Waals surface area contributed by atoms with E-state index < -0.39 is 15.6 Å². The van der Waals surface area contributed by atoms with E-state index in [9.17, 15) is 18.0 Å². The number of rotatable bonds is 5. The van der Waals surface area contributed by atoms with Gasteiger partial charge in [0.25, 0.3) is 15.9 Å². The minimum atomic E-state index is -3.46. The fourth-order valence-corrected chi connectivity index (χ4v) is 7.14. The Bertz CT molecular complexity index is 855. The zero-order valence-electron chi connectivity index (χ0n) is 16.7. The highest BCUT2D eigenvalue weighted by Gasteiger charge is 2.52. The molecule has 160 valence electrons. The third-order valence-corrected chi connectivity index (χ3v) is 9.82. The molecule has 3 fully saturated rings. The maximum Gasteiger partial charge on any atom is 0.326 e. The summed E-state index contributed by atoms with van der Waals surface area (Å²) in [6.07, 6.45) is 4.46. The second kappa shape index (κ2) is 7.98. The Kier molecular flexibility index (Phi) is 5.71. The lowest BCUT2D eigenvalue weighted by atomic mass is 9.75. The molecule has 0 aromatic carbocycles. The summed E-state index contributed by atoms with van der Waals surface area (Å²) >= 11 is 1.22. The molecule has 4 rings (SSSR count). The molecule has 0 bridgehead atoms. The topological polar surface area (TPSA) is 90.0 Å². The predicted octanol–water partition coefficient (Wildman–Crippen LogP) is 1.90. The van der Waals surface area contributed by atoms with Gasteiger partial charge in [0.2, 0.25) is 0 Å². The number of hydrogen-bond acceptors (Lipinski definition) is 6. The first-order chi connectivity index (χ1) is 13.9. The molecule has 3 heterocycles. The Balaban J connectivity index is 1.35. The lowest BCUT2D eigenvalue weighted by Crippen LogP contribution is -2.53. The second-order valence-electron chi connectivity index (χ2n) is 8.19. The van der Waals surface area contributed by atoms with Gasteiger partial charge in [-0.05, 0) is 43.0 Å². The molecule has 1 saturated carbocycles. The highest BCUT2D eigenvalue weighted by Crippen LogP contribution is 2.37. The number of thiophene rings is 1. The van der Waals surface area contributed by atoms with Crippen LogP contribution < -0.4 is 5.32 Å². The molecule has 1 N–H and O–H groups in total. The summed E-state index contributed by atoms with van der Waals surface area (Å²) in [6.45, 7) is 4.08. The lowest BCUT2D eigenvalue weighted by molar-refractivity contribution is -0.134. The minimum Gasteiger partial charge on any atom is -0.323 e. The number of carbonyl (C=O) groups is 2. The number of sulfonamides is 1. The number of hydrogen-bond donors (Lipinski definition) is 1. The first kappa shape index (κ1) is 20.8. The van der Waals surface area contributed by atoms with Crippen molar-refractivity contribution in [2.45, 2.75) is 48.8 Å². The molecular weight excluding hydrogens is 412 g/mol. The van der Waals surface area contributed by atoms with Crippen LogP contribution in [0, 0.1) is 5.92 Å². The van der Waals surface area contributed by atoms with Crippen LogP contribution in [0.4, 0.5) is 4.79 Å². The molecule has 1 aromatic rings. The van der Waals surface area contributed by atoms with Crippen molar-refractivity contribution in [2.75, 3.05) is 32.8 Å². The smallest absolute Gasteiger partial charge is 0.323 e. The van der Waals surface area contributed by atoms with Crippen molar-refractivity contribution >= 4 is 33.3 Å². The number of imide groups is 1. The zero-order chi connectivity index (χ0) is 20.6. The van der Waals surface area contributed by atoms with Gasteiger partial charge in [-0.1, -0.05) is 19.4 Å². The van der Waals surface area contributed by atoms with Crippen LogP contribution >= 0.6 is 11.3 Å². The molecule has 0 radical (unpaired) electrons. The van der Waals surface area contributed by atoms with E-state index in [4.69, 9.17) is 0 Å². The van der Waals surface area contributed by atoms with Gasteiger partial charge in [-0.25, -0.2) is 18.1 Å². The average molecular weight is 441 g/mol. The molecule has 0 unspecified atom stereocenters. The molecule has 1 aliphatic carbocycles. The molecule has 1 spiro atoms. The van der Waals surface area contributed by atoms with Crippen molar-refractivity contribution in [3.63, 3.8) is 0 Å². The molecule has 3 aliphatic rings. The lowest BCUT2D eigenvalue weighted by Gasteiger charge is -2.36. The Hall–Kier alpha value is -1.49. The number of carbonyl (C=O) groups excluding carboxylic acids is 2. The first-order valence-corrected chi connectivity index (χ1v) is 12.6. The molecule has 8 nitrogen and oxygen atoms in total. The number of amides is 3. The third-order valence-electron chi connectivity index (χ3n) is 6.54. The molecule has 1 aromatic heterocycles. The number of nitrogens with one attached hydrogen (secondary N) is 1. The second-order valence-corrected chi connectivity index (χ2v) is 11.3. The van der Waals surface area contributed by atoms with Crippen LogP contribution in [0.15, 0.2) is 21.7 Å². The van der Waals surface area contributed by atoms with Crippen LogP contribution in [-0.2, 0) is 14.8 Å². The summed E-state index contributed by atoms with van der Waals surface area (Å²) in [5.74, 6) is 0.517. The van der Waals surface area contributed by atoms with Crippen molar-refractivity contribution in [2.24, 2.45) is 5.92 Å². The number of piperazine rings is 1. The van der Waals surface area contributed by atoms with Crippen LogP contribution in [0.25, 0.3) is 0 Å². The molecule has 2 saturated heterocycles. The van der Waals surface area contributed by atoms with Crippen LogP contribution in [0.5, 0.6) is 0 Å². The summed E-state index contributed by atoms with van der Waals surface area (Å²) in [5, 5.41) is 4.72. The van der Waals surface area contributed by atoms with E-state index in [2.05, 4.69) is 12.2 Å². The summed E-state index contributed by atoms with van der Waals surface area (Å²) in [6, 6.07) is 3.03. The van der Waals surface area contributed by atoms with Crippen molar-refractivity contribution in [3.05, 3.63) is 17.5 Å². The summed E-state index contributed by atoms with van der Waals surface area (Å²) in [7, 11) is -3.46. The summed E-state index contributed by atoms with van der Waals surface area (Å²) in [4.78, 5) is 28.9. The predicted molar refractivity (Wildman–Crippen MR) is 110 cm³/mol. The van der Waals surface area contributed by atoms with Gasteiger partial charge in [0.15, 0.2) is 0 Å². The Morgan fingerprint density at radius 3 is 2.45 bits per heavy atom. The van der Waals surface area contributed by atoms with Gasteiger partial charge in [0.05, 0.1) is 6.67 Å². The summed E-state index contributed by atoms with van der Waals surface area (Å²) in [5.41, 5.74) is -0.729. The number of nitrogens with zero attached hydrogens (tertiary/aromatic N) is 3. The maximum absolute atomic E-state index is 13.1. The first-order valence-electron chi connectivity index (χ1n) is 10.3. The highest BCUT2D eigenvalue weighted by molar-refractivity contribution is 7.91. The van der Waals surface area contributed by atoms with Crippen molar-refractivity contribution in [1.29, 1.82) is 0 Å². The Morgan fingerprint density at radius 2 is 1.86 bits per heavy atom. The van der Waals surface area contributed by atoms with Crippen LogP contribution in [0.1, 0.15) is 39.0 Å². The van der Waals surface area contributed by atoms with Crippen molar-refractivity contribution in [1.82, 2.24) is 19.4 Å². The zero-order valence-corrected chi connectivity index (χ0v) is 18.3.